The van der Waals surface area contributed by atoms with Gasteiger partial charge in [-0.2, -0.15) is 4.68 Å². The molecular weight excluding hydrogens is 308 g/mol. The Kier molecular flexibility index (Phi) is 6.69. The van der Waals surface area contributed by atoms with Crippen molar-refractivity contribution in [3.8, 4) is 0 Å². The number of sulfone groups is 1. The number of nitrogens with zero attached hydrogens (tertiary/aromatic N) is 4. The Labute approximate surface area is 130 Å². The smallest absolute Gasteiger partial charge is 0.346 e. The van der Waals surface area contributed by atoms with Crippen LogP contribution in [0.3, 0.4) is 0 Å². The van der Waals surface area contributed by atoms with E-state index in [4.69, 9.17) is 4.74 Å². The molecule has 1 aromatic rings. The summed E-state index contributed by atoms with van der Waals surface area (Å²) in [7, 11) is -2.25. The van der Waals surface area contributed by atoms with Gasteiger partial charge in [0.15, 0.2) is 0 Å². The van der Waals surface area contributed by atoms with Gasteiger partial charge >= 0.3 is 6.03 Å². The van der Waals surface area contributed by atoms with Crippen LogP contribution >= 0.6 is 0 Å². The van der Waals surface area contributed by atoms with Crippen molar-refractivity contribution < 1.29 is 17.9 Å². The number of rotatable bonds is 8. The Hall–Kier alpha value is -1.74. The van der Waals surface area contributed by atoms with Gasteiger partial charge in [-0.05, 0) is 5.92 Å². The SMILES string of the molecule is C=CCN(CC(C)C)C(=O)n1cnc(S(=O)(=O)CCOC)n1. The third-order valence-corrected chi connectivity index (χ3v) is 4.15. The van der Waals surface area contributed by atoms with Crippen LogP contribution < -0.4 is 0 Å². The Morgan fingerprint density at radius 2 is 2.23 bits per heavy atom. The highest BCUT2D eigenvalue weighted by Gasteiger charge is 2.23. The topological polar surface area (TPSA) is 94.4 Å². The lowest BCUT2D eigenvalue weighted by molar-refractivity contribution is 0.195. The fraction of sp³-hybridized carbons (Fsp3) is 0.615. The van der Waals surface area contributed by atoms with Crippen LogP contribution in [-0.2, 0) is 14.6 Å². The minimum atomic E-state index is -3.66. The molecule has 0 bridgehead atoms. The highest BCUT2D eigenvalue weighted by molar-refractivity contribution is 7.91. The van der Waals surface area contributed by atoms with Crippen molar-refractivity contribution in [2.45, 2.75) is 19.0 Å². The molecule has 0 aliphatic carbocycles. The third kappa shape index (κ3) is 4.92. The summed E-state index contributed by atoms with van der Waals surface area (Å²) in [5, 5.41) is 3.41. The summed E-state index contributed by atoms with van der Waals surface area (Å²) in [6.07, 6.45) is 2.71. The van der Waals surface area contributed by atoms with Crippen LogP contribution in [0.25, 0.3) is 0 Å². The zero-order chi connectivity index (χ0) is 16.8. The summed E-state index contributed by atoms with van der Waals surface area (Å²) in [6.45, 7) is 8.47. The lowest BCUT2D eigenvalue weighted by Crippen LogP contribution is -2.37. The second kappa shape index (κ2) is 8.04. The minimum absolute atomic E-state index is 0.0424. The quantitative estimate of drug-likeness (QED) is 0.655. The van der Waals surface area contributed by atoms with Gasteiger partial charge < -0.3 is 9.64 Å². The molecule has 0 spiro atoms. The van der Waals surface area contributed by atoms with E-state index in [1.165, 1.54) is 12.0 Å². The lowest BCUT2D eigenvalue weighted by atomic mass is 10.2. The van der Waals surface area contributed by atoms with Gasteiger partial charge in [-0.3, -0.25) is 0 Å². The number of carbonyl (C=O) groups excluding carboxylic acids is 1. The monoisotopic (exact) mass is 330 g/mol. The number of methoxy groups -OCH3 is 1. The standard InChI is InChI=1S/C13H22N4O4S/c1-5-6-16(9-11(2)3)13(18)17-10-14-12(15-17)22(19,20)8-7-21-4/h5,10-11H,1,6-9H2,2-4H3. The van der Waals surface area contributed by atoms with Gasteiger partial charge in [-0.1, -0.05) is 19.9 Å². The molecule has 22 heavy (non-hydrogen) atoms. The number of hydrogen-bond donors (Lipinski definition) is 0. The Bertz CT molecular complexity index is 609. The fourth-order valence-corrected chi connectivity index (χ4v) is 2.73. The zero-order valence-electron chi connectivity index (χ0n) is 13.1. The normalized spacial score (nSPS) is 11.6. The van der Waals surface area contributed by atoms with Crippen LogP contribution in [0.15, 0.2) is 24.1 Å². The minimum Gasteiger partial charge on any atom is -0.384 e. The molecule has 0 fully saturated rings. The highest BCUT2D eigenvalue weighted by Crippen LogP contribution is 2.06. The number of aromatic nitrogens is 3. The van der Waals surface area contributed by atoms with E-state index in [0.717, 1.165) is 11.0 Å². The van der Waals surface area contributed by atoms with Gasteiger partial charge in [0.05, 0.1) is 12.4 Å². The fourth-order valence-electron chi connectivity index (χ4n) is 1.74. The second-order valence-electron chi connectivity index (χ2n) is 5.15. The van der Waals surface area contributed by atoms with Gasteiger partial charge in [0.2, 0.25) is 9.84 Å². The average Bonchev–Trinajstić information content (AvgIpc) is 2.94. The molecule has 0 N–H and O–H groups in total. The first-order valence-electron chi connectivity index (χ1n) is 6.85. The molecule has 124 valence electrons. The second-order valence-corrected chi connectivity index (χ2v) is 7.16. The average molecular weight is 330 g/mol. The molecule has 1 aromatic heterocycles. The van der Waals surface area contributed by atoms with Gasteiger partial charge in [-0.15, -0.1) is 11.7 Å². The predicted molar refractivity (Wildman–Crippen MR) is 81.4 cm³/mol. The molecule has 1 rings (SSSR count). The summed E-state index contributed by atoms with van der Waals surface area (Å²) in [4.78, 5) is 17.6. The van der Waals surface area contributed by atoms with E-state index in [2.05, 4.69) is 16.7 Å². The first kappa shape index (κ1) is 18.3. The molecule has 0 atom stereocenters. The Morgan fingerprint density at radius 1 is 1.55 bits per heavy atom. The van der Waals surface area contributed by atoms with Crippen molar-refractivity contribution >= 4 is 15.9 Å². The van der Waals surface area contributed by atoms with Gasteiger partial charge in [0.1, 0.15) is 6.33 Å². The van der Waals surface area contributed by atoms with E-state index in [-0.39, 0.29) is 23.4 Å². The molecule has 8 nitrogen and oxygen atoms in total. The van der Waals surface area contributed by atoms with Crippen molar-refractivity contribution in [1.29, 1.82) is 0 Å². The summed E-state index contributed by atoms with van der Waals surface area (Å²) in [5.41, 5.74) is 0. The largest absolute Gasteiger partial charge is 0.384 e. The number of amides is 1. The van der Waals surface area contributed by atoms with Crippen LogP contribution in [0.4, 0.5) is 4.79 Å². The molecule has 1 heterocycles. The predicted octanol–water partition coefficient (Wildman–Crippen LogP) is 0.810. The van der Waals surface area contributed by atoms with E-state index in [0.29, 0.717) is 13.1 Å². The molecular formula is C13H22N4O4S. The Morgan fingerprint density at radius 3 is 2.77 bits per heavy atom. The molecule has 0 radical (unpaired) electrons. The summed E-state index contributed by atoms with van der Waals surface area (Å²) in [5.74, 6) is 0.0293. The molecule has 1 amide bonds. The maximum absolute atomic E-state index is 12.3. The van der Waals surface area contributed by atoms with Crippen LogP contribution in [0.5, 0.6) is 0 Å². The summed E-state index contributed by atoms with van der Waals surface area (Å²) in [6, 6.07) is -0.436. The number of hydrogen-bond acceptors (Lipinski definition) is 6. The molecule has 0 aromatic carbocycles. The van der Waals surface area contributed by atoms with Crippen LogP contribution in [0.1, 0.15) is 13.8 Å². The maximum atomic E-state index is 12.3. The molecule has 0 unspecified atom stereocenters. The molecule has 0 saturated carbocycles. The molecule has 0 aliphatic heterocycles. The summed E-state index contributed by atoms with van der Waals surface area (Å²) >= 11 is 0. The van der Waals surface area contributed by atoms with Crippen molar-refractivity contribution in [2.75, 3.05) is 32.6 Å². The van der Waals surface area contributed by atoms with Crippen molar-refractivity contribution in [3.63, 3.8) is 0 Å². The zero-order valence-corrected chi connectivity index (χ0v) is 13.9. The molecule has 0 aliphatic rings. The highest BCUT2D eigenvalue weighted by atomic mass is 32.2. The van der Waals surface area contributed by atoms with Crippen LogP contribution in [0, 0.1) is 5.92 Å². The first-order chi connectivity index (χ1) is 10.3. The maximum Gasteiger partial charge on any atom is 0.346 e. The van der Waals surface area contributed by atoms with Crippen LogP contribution in [0.2, 0.25) is 0 Å². The van der Waals surface area contributed by atoms with Crippen molar-refractivity contribution in [3.05, 3.63) is 19.0 Å². The van der Waals surface area contributed by atoms with Crippen molar-refractivity contribution in [1.82, 2.24) is 19.7 Å². The number of carbonyl (C=O) groups is 1. The van der Waals surface area contributed by atoms with Gasteiger partial charge in [0.25, 0.3) is 5.16 Å². The molecule has 0 saturated heterocycles. The number of ether oxygens (including phenoxy) is 1. The van der Waals surface area contributed by atoms with Gasteiger partial charge in [0, 0.05) is 20.2 Å². The molecule has 9 heteroatoms. The lowest BCUT2D eigenvalue weighted by Gasteiger charge is -2.22. The third-order valence-electron chi connectivity index (χ3n) is 2.71. The Balaban J connectivity index is 2.93. The van der Waals surface area contributed by atoms with E-state index in [9.17, 15) is 13.2 Å². The van der Waals surface area contributed by atoms with E-state index >= 15 is 0 Å². The van der Waals surface area contributed by atoms with Crippen molar-refractivity contribution in [2.24, 2.45) is 5.92 Å². The summed E-state index contributed by atoms with van der Waals surface area (Å²) < 4.78 is 29.6. The first-order valence-corrected chi connectivity index (χ1v) is 8.50. The van der Waals surface area contributed by atoms with Crippen LogP contribution in [-0.4, -0.2) is 66.7 Å². The van der Waals surface area contributed by atoms with E-state index in [1.807, 2.05) is 13.8 Å². The van der Waals surface area contributed by atoms with E-state index in [1.54, 1.807) is 6.08 Å². The van der Waals surface area contributed by atoms with E-state index < -0.39 is 15.9 Å². The van der Waals surface area contributed by atoms with Gasteiger partial charge in [-0.25, -0.2) is 18.2 Å².